The molecule has 1 heterocycles. The van der Waals surface area contributed by atoms with Gasteiger partial charge in [0.2, 0.25) is 5.95 Å². The molecule has 4 nitrogen and oxygen atoms in total. The van der Waals surface area contributed by atoms with E-state index in [0.29, 0.717) is 6.07 Å². The van der Waals surface area contributed by atoms with Crippen molar-refractivity contribution in [3.05, 3.63) is 17.8 Å². The van der Waals surface area contributed by atoms with E-state index in [2.05, 4.69) is 14.5 Å². The summed E-state index contributed by atoms with van der Waals surface area (Å²) in [7, 11) is 0. The van der Waals surface area contributed by atoms with Gasteiger partial charge in [0.25, 0.3) is 5.88 Å². The first-order valence-corrected chi connectivity index (χ1v) is 4.14. The van der Waals surface area contributed by atoms with Crippen LogP contribution in [0.15, 0.2) is 6.07 Å². The van der Waals surface area contributed by atoms with Crippen LogP contribution in [0.5, 0.6) is 5.88 Å². The zero-order valence-corrected chi connectivity index (χ0v) is 7.92. The molecular formula is C8H8F4N2O2. The molecule has 0 aliphatic rings. The summed E-state index contributed by atoms with van der Waals surface area (Å²) in [6, 6.07) is 0.686. The first-order valence-electron chi connectivity index (χ1n) is 4.14. The van der Waals surface area contributed by atoms with Crippen molar-refractivity contribution >= 4 is 5.69 Å². The number of aromatic nitrogens is 1. The van der Waals surface area contributed by atoms with Crippen molar-refractivity contribution in [3.63, 3.8) is 0 Å². The number of anilines is 1. The molecule has 0 fully saturated rings. The van der Waals surface area contributed by atoms with Gasteiger partial charge in [0.1, 0.15) is 6.61 Å². The summed E-state index contributed by atoms with van der Waals surface area (Å²) in [6.07, 6.45) is 0. The molecule has 2 N–H and O–H groups in total. The Hall–Kier alpha value is -1.57. The molecule has 0 bridgehead atoms. The van der Waals surface area contributed by atoms with E-state index in [1.165, 1.54) is 0 Å². The minimum Gasteiger partial charge on any atom is -0.473 e. The zero-order chi connectivity index (χ0) is 12.1. The predicted octanol–water partition coefficient (Wildman–Crippen LogP) is 1.56. The van der Waals surface area contributed by atoms with Crippen molar-refractivity contribution in [1.82, 2.24) is 4.98 Å². The molecule has 0 aromatic carbocycles. The van der Waals surface area contributed by atoms with Gasteiger partial charge in [-0.05, 0) is 0 Å². The second kappa shape index (κ2) is 5.50. The second-order valence-corrected chi connectivity index (χ2v) is 2.64. The van der Waals surface area contributed by atoms with E-state index in [1.54, 1.807) is 0 Å². The Labute approximate surface area is 88.0 Å². The summed E-state index contributed by atoms with van der Waals surface area (Å²) >= 11 is 0. The van der Waals surface area contributed by atoms with Crippen LogP contribution >= 0.6 is 0 Å². The van der Waals surface area contributed by atoms with Crippen LogP contribution in [-0.4, -0.2) is 24.8 Å². The van der Waals surface area contributed by atoms with E-state index >= 15 is 0 Å². The Morgan fingerprint density at radius 3 is 2.62 bits per heavy atom. The number of nitrogens with two attached hydrogens (primary N) is 1. The fourth-order valence-electron chi connectivity index (χ4n) is 0.842. The molecule has 1 rings (SSSR count). The van der Waals surface area contributed by atoms with Crippen LogP contribution in [0, 0.1) is 11.8 Å². The number of nitrogens with zero attached hydrogens (tertiary/aromatic N) is 1. The van der Waals surface area contributed by atoms with Crippen molar-refractivity contribution in [2.24, 2.45) is 0 Å². The van der Waals surface area contributed by atoms with Gasteiger partial charge < -0.3 is 15.2 Å². The van der Waals surface area contributed by atoms with E-state index in [9.17, 15) is 17.6 Å². The maximum absolute atomic E-state index is 13.0. The van der Waals surface area contributed by atoms with Crippen LogP contribution in [0.3, 0.4) is 0 Å². The molecular weight excluding hydrogens is 232 g/mol. The van der Waals surface area contributed by atoms with E-state index in [1.807, 2.05) is 0 Å². The van der Waals surface area contributed by atoms with Gasteiger partial charge in [-0.25, -0.2) is 4.39 Å². The summed E-state index contributed by atoms with van der Waals surface area (Å²) in [5, 5.41) is 0. The average molecular weight is 240 g/mol. The largest absolute Gasteiger partial charge is 0.473 e. The lowest BCUT2D eigenvalue weighted by molar-refractivity contribution is -0.133. The molecule has 90 valence electrons. The Balaban J connectivity index is 2.51. The molecule has 0 radical (unpaired) electrons. The topological polar surface area (TPSA) is 57.4 Å². The number of alkyl halides is 2. The molecule has 8 heteroatoms. The summed E-state index contributed by atoms with van der Waals surface area (Å²) in [5.41, 5.74) is 4.56. The molecule has 0 aliphatic heterocycles. The monoisotopic (exact) mass is 240 g/mol. The fourth-order valence-corrected chi connectivity index (χ4v) is 0.842. The van der Waals surface area contributed by atoms with Crippen molar-refractivity contribution < 1.29 is 27.0 Å². The van der Waals surface area contributed by atoms with Gasteiger partial charge in [0.05, 0.1) is 12.3 Å². The van der Waals surface area contributed by atoms with Crippen LogP contribution in [0.2, 0.25) is 0 Å². The van der Waals surface area contributed by atoms with E-state index in [4.69, 9.17) is 5.73 Å². The maximum Gasteiger partial charge on any atom is 0.345 e. The Morgan fingerprint density at radius 1 is 1.31 bits per heavy atom. The third kappa shape index (κ3) is 3.54. The predicted molar refractivity (Wildman–Crippen MR) is 46.0 cm³/mol. The van der Waals surface area contributed by atoms with E-state index in [-0.39, 0.29) is 6.61 Å². The van der Waals surface area contributed by atoms with E-state index in [0.717, 1.165) is 0 Å². The molecule has 0 unspecified atom stereocenters. The van der Waals surface area contributed by atoms with Crippen LogP contribution in [0.1, 0.15) is 0 Å². The van der Waals surface area contributed by atoms with E-state index < -0.39 is 36.6 Å². The number of nitrogen functional groups attached to an aromatic ring is 1. The summed E-state index contributed by atoms with van der Waals surface area (Å²) in [4.78, 5) is 3.06. The third-order valence-electron chi connectivity index (χ3n) is 1.49. The van der Waals surface area contributed by atoms with Gasteiger partial charge in [-0.3, -0.25) is 0 Å². The molecule has 0 aliphatic carbocycles. The number of rotatable bonds is 5. The Kier molecular flexibility index (Phi) is 4.29. The summed E-state index contributed by atoms with van der Waals surface area (Å²) < 4.78 is 57.2. The molecule has 0 amide bonds. The summed E-state index contributed by atoms with van der Waals surface area (Å²) in [6.45, 7) is -3.79. The van der Waals surface area contributed by atoms with Gasteiger partial charge in [-0.1, -0.05) is 0 Å². The average Bonchev–Trinajstić information content (AvgIpc) is 2.19. The number of ether oxygens (including phenoxy) is 2. The minimum absolute atomic E-state index is 0.377. The first kappa shape index (κ1) is 12.5. The van der Waals surface area contributed by atoms with Gasteiger partial charge in [-0.15, -0.1) is 0 Å². The minimum atomic E-state index is -2.94. The lowest BCUT2D eigenvalue weighted by Crippen LogP contribution is -2.12. The van der Waals surface area contributed by atoms with Crippen LogP contribution in [0.25, 0.3) is 0 Å². The third-order valence-corrected chi connectivity index (χ3v) is 1.49. The SMILES string of the molecule is Nc1cc(F)c(OCCOC(F)F)nc1F. The zero-order valence-electron chi connectivity index (χ0n) is 7.92. The van der Waals surface area contributed by atoms with Crippen LogP contribution in [0.4, 0.5) is 23.2 Å². The maximum atomic E-state index is 13.0. The fraction of sp³-hybridized carbons (Fsp3) is 0.375. The Morgan fingerprint density at radius 2 is 2.00 bits per heavy atom. The highest BCUT2D eigenvalue weighted by Crippen LogP contribution is 2.18. The van der Waals surface area contributed by atoms with Gasteiger partial charge in [0.15, 0.2) is 5.82 Å². The van der Waals surface area contributed by atoms with Gasteiger partial charge in [0, 0.05) is 6.07 Å². The highest BCUT2D eigenvalue weighted by atomic mass is 19.3. The highest BCUT2D eigenvalue weighted by molar-refractivity contribution is 5.38. The van der Waals surface area contributed by atoms with Crippen molar-refractivity contribution in [2.45, 2.75) is 6.61 Å². The summed E-state index contributed by atoms with van der Waals surface area (Å²) in [5.74, 6) is -2.72. The number of pyridine rings is 1. The van der Waals surface area contributed by atoms with Crippen molar-refractivity contribution in [1.29, 1.82) is 0 Å². The van der Waals surface area contributed by atoms with Crippen molar-refractivity contribution in [3.8, 4) is 5.88 Å². The lowest BCUT2D eigenvalue weighted by atomic mass is 10.4. The number of hydrogen-bond acceptors (Lipinski definition) is 4. The van der Waals surface area contributed by atoms with Crippen LogP contribution < -0.4 is 10.5 Å². The molecule has 1 aromatic heterocycles. The highest BCUT2D eigenvalue weighted by Gasteiger charge is 2.11. The van der Waals surface area contributed by atoms with Crippen LogP contribution in [-0.2, 0) is 4.74 Å². The number of hydrogen-bond donors (Lipinski definition) is 1. The molecule has 0 saturated heterocycles. The quantitative estimate of drug-likeness (QED) is 0.482. The second-order valence-electron chi connectivity index (χ2n) is 2.64. The lowest BCUT2D eigenvalue weighted by Gasteiger charge is -2.07. The molecule has 0 spiro atoms. The first-order chi connectivity index (χ1) is 7.50. The smallest absolute Gasteiger partial charge is 0.345 e. The van der Waals surface area contributed by atoms with Crippen molar-refractivity contribution in [2.75, 3.05) is 18.9 Å². The molecule has 1 aromatic rings. The number of halogens is 4. The Bertz CT molecular complexity index is 362. The molecule has 16 heavy (non-hydrogen) atoms. The molecule has 0 saturated carbocycles. The molecule has 0 atom stereocenters. The standard InChI is InChI=1S/C8H8F4N2O2/c9-4-3-5(13)6(10)14-7(4)15-1-2-16-8(11)12/h3,8H,1-2,13H2. The van der Waals surface area contributed by atoms with Gasteiger partial charge >= 0.3 is 6.61 Å². The van der Waals surface area contributed by atoms with Gasteiger partial charge in [-0.2, -0.15) is 18.2 Å². The normalized spacial score (nSPS) is 10.8.